The van der Waals surface area contributed by atoms with Gasteiger partial charge in [-0.2, -0.15) is 0 Å². The van der Waals surface area contributed by atoms with Crippen LogP contribution in [0.1, 0.15) is 40.0 Å². The summed E-state index contributed by atoms with van der Waals surface area (Å²) < 4.78 is 25.6. The molecule has 1 unspecified atom stereocenters. The average Bonchev–Trinajstić information content (AvgIpc) is 2.62. The molecule has 1 amide bonds. The van der Waals surface area contributed by atoms with Crippen LogP contribution in [0.5, 0.6) is 0 Å². The van der Waals surface area contributed by atoms with E-state index in [9.17, 15) is 13.2 Å². The lowest BCUT2D eigenvalue weighted by atomic mass is 9.69. The molecule has 3 rings (SSSR count). The van der Waals surface area contributed by atoms with E-state index >= 15 is 0 Å². The smallest absolute Gasteiger partial charge is 0.238 e. The first-order chi connectivity index (χ1) is 7.72. The maximum Gasteiger partial charge on any atom is 0.238 e. The second kappa shape index (κ2) is 2.87. The molecule has 5 heteroatoms. The highest BCUT2D eigenvalue weighted by Crippen LogP contribution is 2.69. The predicted molar refractivity (Wildman–Crippen MR) is 63.6 cm³/mol. The Bertz CT molecular complexity index is 496. The zero-order chi connectivity index (χ0) is 12.6. The molecule has 0 radical (unpaired) electrons. The van der Waals surface area contributed by atoms with Crippen molar-refractivity contribution in [3.8, 4) is 0 Å². The number of fused-ring (bicyclic) bond motifs is 1. The summed E-state index contributed by atoms with van der Waals surface area (Å²) in [4.78, 5) is 11.6. The largest absolute Gasteiger partial charge is 0.274 e. The van der Waals surface area contributed by atoms with Crippen molar-refractivity contribution in [3.05, 3.63) is 0 Å². The zero-order valence-electron chi connectivity index (χ0n) is 10.6. The lowest BCUT2D eigenvalue weighted by molar-refractivity contribution is -0.126. The lowest BCUT2D eigenvalue weighted by Crippen LogP contribution is -2.43. The monoisotopic (exact) mass is 257 g/mol. The van der Waals surface area contributed by atoms with E-state index in [0.29, 0.717) is 5.92 Å². The van der Waals surface area contributed by atoms with Crippen LogP contribution in [0.3, 0.4) is 0 Å². The fourth-order valence-corrected chi connectivity index (χ4v) is 7.27. The molecule has 0 aromatic rings. The van der Waals surface area contributed by atoms with Crippen LogP contribution in [0.25, 0.3) is 0 Å². The van der Waals surface area contributed by atoms with Crippen molar-refractivity contribution in [3.63, 3.8) is 0 Å². The minimum atomic E-state index is -3.38. The fraction of sp³-hybridized carbons (Fsp3) is 0.917. The van der Waals surface area contributed by atoms with Crippen molar-refractivity contribution in [2.24, 2.45) is 16.7 Å². The Morgan fingerprint density at radius 1 is 1.35 bits per heavy atom. The van der Waals surface area contributed by atoms with Gasteiger partial charge in [0.15, 0.2) is 0 Å². The minimum Gasteiger partial charge on any atom is -0.274 e. The summed E-state index contributed by atoms with van der Waals surface area (Å²) in [7, 11) is -3.38. The third kappa shape index (κ3) is 1.09. The SMILES string of the molecule is CC(=O)N1[C@@H]2CC3CC[C@]2(CS1(=O)=O)C3(C)C. The summed E-state index contributed by atoms with van der Waals surface area (Å²) in [5.74, 6) is 0.438. The van der Waals surface area contributed by atoms with Gasteiger partial charge in [0, 0.05) is 12.3 Å². The molecular weight excluding hydrogens is 238 g/mol. The molecule has 3 aliphatic rings. The first-order valence-electron chi connectivity index (χ1n) is 6.25. The fourth-order valence-electron chi connectivity index (χ4n) is 4.70. The molecule has 3 fully saturated rings. The molecule has 0 aromatic carbocycles. The highest BCUT2D eigenvalue weighted by Gasteiger charge is 2.71. The van der Waals surface area contributed by atoms with Gasteiger partial charge < -0.3 is 0 Å². The van der Waals surface area contributed by atoms with Crippen LogP contribution in [0.4, 0.5) is 0 Å². The van der Waals surface area contributed by atoms with Crippen LogP contribution in [-0.4, -0.2) is 30.4 Å². The molecule has 2 saturated carbocycles. The van der Waals surface area contributed by atoms with Gasteiger partial charge in [0.25, 0.3) is 0 Å². The number of carbonyl (C=O) groups excluding carboxylic acids is 1. The van der Waals surface area contributed by atoms with Crippen LogP contribution < -0.4 is 0 Å². The van der Waals surface area contributed by atoms with E-state index in [1.165, 1.54) is 11.2 Å². The van der Waals surface area contributed by atoms with E-state index in [2.05, 4.69) is 13.8 Å². The van der Waals surface area contributed by atoms with Crippen molar-refractivity contribution >= 4 is 15.9 Å². The van der Waals surface area contributed by atoms with Crippen molar-refractivity contribution in [1.29, 1.82) is 0 Å². The molecular formula is C12H19NO3S. The normalized spacial score (nSPS) is 45.0. The van der Waals surface area contributed by atoms with Crippen LogP contribution >= 0.6 is 0 Å². The van der Waals surface area contributed by atoms with E-state index in [1.807, 2.05) is 0 Å². The standard InChI is InChI=1S/C12H19NO3S/c1-8(14)13-10-6-9-4-5-12(10,11(9,2)3)7-17(13,15)16/h9-10H,4-7H2,1-3H3/t9?,10-,12-/m1/s1. The number of hydrogen-bond donors (Lipinski definition) is 0. The van der Waals surface area contributed by atoms with Gasteiger partial charge in [-0.05, 0) is 30.6 Å². The number of sulfonamides is 1. The average molecular weight is 257 g/mol. The molecule has 0 aromatic heterocycles. The Hall–Kier alpha value is -0.580. The van der Waals surface area contributed by atoms with Gasteiger partial charge in [0.05, 0.1) is 11.8 Å². The molecule has 1 saturated heterocycles. The molecule has 4 nitrogen and oxygen atoms in total. The van der Waals surface area contributed by atoms with Crippen LogP contribution in [0.15, 0.2) is 0 Å². The molecule has 1 aliphatic heterocycles. The van der Waals surface area contributed by atoms with Gasteiger partial charge in [0.1, 0.15) is 0 Å². The molecule has 1 spiro atoms. The third-order valence-corrected chi connectivity index (χ3v) is 7.71. The number of nitrogens with zero attached hydrogens (tertiary/aromatic N) is 1. The van der Waals surface area contributed by atoms with Crippen LogP contribution in [0, 0.1) is 16.7 Å². The topological polar surface area (TPSA) is 54.5 Å². The minimum absolute atomic E-state index is 0.0505. The van der Waals surface area contributed by atoms with Crippen molar-refractivity contribution in [1.82, 2.24) is 4.31 Å². The molecule has 17 heavy (non-hydrogen) atoms. The zero-order valence-corrected chi connectivity index (χ0v) is 11.4. The Labute approximate surface area is 102 Å². The highest BCUT2D eigenvalue weighted by molar-refractivity contribution is 7.90. The summed E-state index contributed by atoms with van der Waals surface area (Å²) in [5.41, 5.74) is -0.128. The lowest BCUT2D eigenvalue weighted by Gasteiger charge is -2.36. The molecule has 1 heterocycles. The van der Waals surface area contributed by atoms with E-state index in [1.54, 1.807) is 0 Å². The number of rotatable bonds is 0. The predicted octanol–water partition coefficient (Wildman–Crippen LogP) is 1.37. The second-order valence-corrected chi connectivity index (χ2v) is 8.28. The van der Waals surface area contributed by atoms with E-state index in [0.717, 1.165) is 19.3 Å². The Morgan fingerprint density at radius 3 is 2.53 bits per heavy atom. The number of amides is 1. The van der Waals surface area contributed by atoms with Crippen molar-refractivity contribution in [2.75, 3.05) is 5.75 Å². The Morgan fingerprint density at radius 2 is 2.00 bits per heavy atom. The maximum absolute atomic E-state index is 12.2. The summed E-state index contributed by atoms with van der Waals surface area (Å²) >= 11 is 0. The van der Waals surface area contributed by atoms with Gasteiger partial charge >= 0.3 is 0 Å². The van der Waals surface area contributed by atoms with Crippen molar-refractivity contribution in [2.45, 2.75) is 46.1 Å². The van der Waals surface area contributed by atoms with Gasteiger partial charge in [0.2, 0.25) is 15.9 Å². The third-order valence-electron chi connectivity index (χ3n) is 5.72. The van der Waals surface area contributed by atoms with Crippen LogP contribution in [-0.2, 0) is 14.8 Å². The molecule has 2 bridgehead atoms. The quantitative estimate of drug-likeness (QED) is 0.658. The van der Waals surface area contributed by atoms with Gasteiger partial charge in [-0.1, -0.05) is 13.8 Å². The molecule has 96 valence electrons. The Balaban J connectivity index is 2.15. The number of hydrogen-bond acceptors (Lipinski definition) is 3. The first kappa shape index (κ1) is 11.5. The first-order valence-corrected chi connectivity index (χ1v) is 7.86. The van der Waals surface area contributed by atoms with E-state index in [-0.39, 0.29) is 28.5 Å². The summed E-state index contributed by atoms with van der Waals surface area (Å²) in [6.45, 7) is 5.74. The van der Waals surface area contributed by atoms with Gasteiger partial charge in [-0.15, -0.1) is 0 Å². The maximum atomic E-state index is 12.2. The molecule has 3 atom stereocenters. The summed E-state index contributed by atoms with van der Waals surface area (Å²) in [6, 6.07) is -0.0706. The van der Waals surface area contributed by atoms with Crippen molar-refractivity contribution < 1.29 is 13.2 Å². The molecule has 2 aliphatic carbocycles. The van der Waals surface area contributed by atoms with Gasteiger partial charge in [-0.25, -0.2) is 12.7 Å². The summed E-state index contributed by atoms with van der Waals surface area (Å²) in [6.07, 6.45) is 2.94. The van der Waals surface area contributed by atoms with Gasteiger partial charge in [-0.3, -0.25) is 4.79 Å². The highest BCUT2D eigenvalue weighted by atomic mass is 32.2. The Kier molecular flexibility index (Phi) is 1.94. The van der Waals surface area contributed by atoms with E-state index in [4.69, 9.17) is 0 Å². The van der Waals surface area contributed by atoms with E-state index < -0.39 is 10.0 Å². The second-order valence-electron chi connectivity index (χ2n) is 6.44. The number of carbonyl (C=O) groups is 1. The van der Waals surface area contributed by atoms with Crippen LogP contribution in [0.2, 0.25) is 0 Å². The summed E-state index contributed by atoms with van der Waals surface area (Å²) in [5, 5.41) is 0. The molecule has 0 N–H and O–H groups in total.